The Hall–Kier alpha value is -2.85. The van der Waals surface area contributed by atoms with Crippen molar-refractivity contribution in [1.82, 2.24) is 19.6 Å². The number of benzene rings is 2. The molecular formula is C28H36F2N4O3. The van der Waals surface area contributed by atoms with Gasteiger partial charge in [0.1, 0.15) is 5.82 Å². The van der Waals surface area contributed by atoms with Crippen LogP contribution >= 0.6 is 0 Å². The molecule has 0 saturated carbocycles. The number of hydrogen-bond acceptors (Lipinski definition) is 6. The third-order valence-electron chi connectivity index (χ3n) is 6.29. The predicted molar refractivity (Wildman–Crippen MR) is 138 cm³/mol. The van der Waals surface area contributed by atoms with E-state index < -0.39 is 17.7 Å². The van der Waals surface area contributed by atoms with Gasteiger partial charge in [0.05, 0.1) is 36.3 Å². The van der Waals surface area contributed by atoms with Crippen LogP contribution in [-0.4, -0.2) is 76.7 Å². The zero-order valence-corrected chi connectivity index (χ0v) is 21.7. The molecular weight excluding hydrogens is 478 g/mol. The highest BCUT2D eigenvalue weighted by Crippen LogP contribution is 2.33. The Morgan fingerprint density at radius 2 is 1.81 bits per heavy atom. The Bertz CT molecular complexity index is 1150. The smallest absolute Gasteiger partial charge is 0.227 e. The van der Waals surface area contributed by atoms with Crippen molar-refractivity contribution in [2.45, 2.75) is 33.4 Å². The SMILES string of the molecule is Cc1nn(-c2ccccc2)c(Oc2ccc(F)cc2F)c1CN(CC(C)C)CC(O)CN1CCOCC1. The summed E-state index contributed by atoms with van der Waals surface area (Å²) in [5, 5.41) is 15.6. The number of aliphatic hydroxyl groups is 1. The summed E-state index contributed by atoms with van der Waals surface area (Å²) >= 11 is 0. The van der Waals surface area contributed by atoms with Crippen LogP contribution in [0.1, 0.15) is 25.1 Å². The predicted octanol–water partition coefficient (Wildman–Crippen LogP) is 4.40. The summed E-state index contributed by atoms with van der Waals surface area (Å²) < 4.78 is 41.3. The van der Waals surface area contributed by atoms with Crippen molar-refractivity contribution in [2.75, 3.05) is 45.9 Å². The van der Waals surface area contributed by atoms with E-state index >= 15 is 0 Å². The van der Waals surface area contributed by atoms with E-state index in [9.17, 15) is 13.9 Å². The molecule has 7 nitrogen and oxygen atoms in total. The van der Waals surface area contributed by atoms with Crippen LogP contribution in [0.2, 0.25) is 0 Å². The van der Waals surface area contributed by atoms with E-state index in [2.05, 4.69) is 23.6 Å². The fourth-order valence-electron chi connectivity index (χ4n) is 4.61. The van der Waals surface area contributed by atoms with Gasteiger partial charge in [0.15, 0.2) is 11.6 Å². The van der Waals surface area contributed by atoms with E-state index in [1.54, 1.807) is 4.68 Å². The number of ether oxygens (including phenoxy) is 2. The van der Waals surface area contributed by atoms with Crippen LogP contribution in [0.4, 0.5) is 8.78 Å². The highest BCUT2D eigenvalue weighted by atomic mass is 19.1. The molecule has 0 aliphatic carbocycles. The average molecular weight is 515 g/mol. The zero-order chi connectivity index (χ0) is 26.4. The standard InChI is InChI=1S/C28H36F2N4O3/c1-20(2)16-33(18-24(35)17-32-11-13-36-14-12-32)19-25-21(3)31-34(23-7-5-4-6-8-23)28(25)37-27-10-9-22(29)15-26(27)30/h4-10,15,20,24,35H,11-14,16-19H2,1-3H3. The Labute approximate surface area is 217 Å². The first-order valence-electron chi connectivity index (χ1n) is 12.8. The van der Waals surface area contributed by atoms with E-state index in [-0.39, 0.29) is 5.75 Å². The van der Waals surface area contributed by atoms with Gasteiger partial charge in [-0.25, -0.2) is 13.5 Å². The summed E-state index contributed by atoms with van der Waals surface area (Å²) in [4.78, 5) is 4.40. The molecule has 37 heavy (non-hydrogen) atoms. The van der Waals surface area contributed by atoms with Gasteiger partial charge in [-0.2, -0.15) is 5.10 Å². The maximum atomic E-state index is 14.6. The van der Waals surface area contributed by atoms with Crippen molar-refractivity contribution in [3.05, 3.63) is 71.4 Å². The van der Waals surface area contributed by atoms with E-state index in [0.717, 1.165) is 42.6 Å². The average Bonchev–Trinajstić information content (AvgIpc) is 3.16. The van der Waals surface area contributed by atoms with Crippen LogP contribution in [0.3, 0.4) is 0 Å². The summed E-state index contributed by atoms with van der Waals surface area (Å²) in [6.45, 7) is 11.4. The van der Waals surface area contributed by atoms with Gasteiger partial charge in [0.25, 0.3) is 0 Å². The number of β-amino-alcohol motifs (C(OH)–C–C–N with tert-alkyl or cyclic N) is 1. The number of nitrogens with zero attached hydrogens (tertiary/aromatic N) is 4. The number of hydrogen-bond donors (Lipinski definition) is 1. The molecule has 0 bridgehead atoms. The second kappa shape index (κ2) is 12.6. The number of rotatable bonds is 11. The molecule has 1 unspecified atom stereocenters. The van der Waals surface area contributed by atoms with Gasteiger partial charge in [-0.1, -0.05) is 32.0 Å². The highest BCUT2D eigenvalue weighted by Gasteiger charge is 2.25. The van der Waals surface area contributed by atoms with Crippen LogP contribution in [0, 0.1) is 24.5 Å². The minimum absolute atomic E-state index is 0.0810. The van der Waals surface area contributed by atoms with Crippen molar-refractivity contribution < 1.29 is 23.4 Å². The lowest BCUT2D eigenvalue weighted by Crippen LogP contribution is -2.45. The molecule has 1 N–H and O–H groups in total. The van der Waals surface area contributed by atoms with Gasteiger partial charge >= 0.3 is 0 Å². The normalized spacial score (nSPS) is 15.5. The van der Waals surface area contributed by atoms with E-state index in [1.165, 1.54) is 12.1 Å². The van der Waals surface area contributed by atoms with Crippen LogP contribution in [0.5, 0.6) is 11.6 Å². The first-order valence-corrected chi connectivity index (χ1v) is 12.8. The molecule has 0 radical (unpaired) electrons. The van der Waals surface area contributed by atoms with Gasteiger partial charge in [-0.3, -0.25) is 9.80 Å². The molecule has 2 heterocycles. The fourth-order valence-corrected chi connectivity index (χ4v) is 4.61. The molecule has 1 saturated heterocycles. The Morgan fingerprint density at radius 3 is 2.49 bits per heavy atom. The van der Waals surface area contributed by atoms with Crippen molar-refractivity contribution in [2.24, 2.45) is 5.92 Å². The molecule has 1 aromatic heterocycles. The van der Waals surface area contributed by atoms with Gasteiger partial charge in [0.2, 0.25) is 5.88 Å². The molecule has 1 atom stereocenters. The third kappa shape index (κ3) is 7.35. The largest absolute Gasteiger partial charge is 0.435 e. The van der Waals surface area contributed by atoms with E-state index in [1.807, 2.05) is 37.3 Å². The van der Waals surface area contributed by atoms with Crippen LogP contribution in [0.25, 0.3) is 5.69 Å². The first kappa shape index (κ1) is 27.2. The first-order chi connectivity index (χ1) is 17.8. The molecule has 3 aromatic rings. The molecule has 200 valence electrons. The lowest BCUT2D eigenvalue weighted by molar-refractivity contribution is 0.00533. The van der Waals surface area contributed by atoms with Crippen LogP contribution in [-0.2, 0) is 11.3 Å². The Balaban J connectivity index is 1.63. The molecule has 1 aliphatic heterocycles. The maximum absolute atomic E-state index is 14.6. The Kier molecular flexibility index (Phi) is 9.26. The van der Waals surface area contributed by atoms with Gasteiger partial charge in [-0.15, -0.1) is 0 Å². The van der Waals surface area contributed by atoms with Crippen molar-refractivity contribution in [3.63, 3.8) is 0 Å². The number of morpholine rings is 1. The van der Waals surface area contributed by atoms with E-state index in [4.69, 9.17) is 14.6 Å². The highest BCUT2D eigenvalue weighted by molar-refractivity contribution is 5.43. The number of para-hydroxylation sites is 1. The number of aliphatic hydroxyl groups excluding tert-OH is 1. The second-order valence-corrected chi connectivity index (χ2v) is 9.95. The van der Waals surface area contributed by atoms with Crippen molar-refractivity contribution in [1.29, 1.82) is 0 Å². The fraction of sp³-hybridized carbons (Fsp3) is 0.464. The second-order valence-electron chi connectivity index (χ2n) is 9.95. The summed E-state index contributed by atoms with van der Waals surface area (Å²) in [6, 6.07) is 12.7. The van der Waals surface area contributed by atoms with Crippen LogP contribution < -0.4 is 4.74 Å². The van der Waals surface area contributed by atoms with Gasteiger partial charge in [-0.05, 0) is 37.1 Å². The van der Waals surface area contributed by atoms with E-state index in [0.29, 0.717) is 44.6 Å². The quantitative estimate of drug-likeness (QED) is 0.409. The zero-order valence-electron chi connectivity index (χ0n) is 21.7. The summed E-state index contributed by atoms with van der Waals surface area (Å²) in [6.07, 6.45) is -0.541. The third-order valence-corrected chi connectivity index (χ3v) is 6.29. The topological polar surface area (TPSA) is 63.0 Å². The lowest BCUT2D eigenvalue weighted by atomic mass is 10.1. The maximum Gasteiger partial charge on any atom is 0.227 e. The minimum atomic E-state index is -0.788. The number of aryl methyl sites for hydroxylation is 1. The molecule has 1 fully saturated rings. The van der Waals surface area contributed by atoms with Crippen molar-refractivity contribution >= 4 is 0 Å². The minimum Gasteiger partial charge on any atom is -0.435 e. The molecule has 1 aliphatic rings. The van der Waals surface area contributed by atoms with Crippen LogP contribution in [0.15, 0.2) is 48.5 Å². The lowest BCUT2D eigenvalue weighted by Gasteiger charge is -2.31. The molecule has 0 amide bonds. The molecule has 4 rings (SSSR count). The Morgan fingerprint density at radius 1 is 1.08 bits per heavy atom. The number of halogens is 2. The molecule has 9 heteroatoms. The number of aromatic nitrogens is 2. The van der Waals surface area contributed by atoms with Gasteiger partial charge < -0.3 is 14.6 Å². The monoisotopic (exact) mass is 514 g/mol. The van der Waals surface area contributed by atoms with Crippen molar-refractivity contribution in [3.8, 4) is 17.3 Å². The summed E-state index contributed by atoms with van der Waals surface area (Å²) in [5.41, 5.74) is 2.28. The molecule has 2 aromatic carbocycles. The summed E-state index contributed by atoms with van der Waals surface area (Å²) in [5.74, 6) is -0.813. The molecule has 0 spiro atoms. The van der Waals surface area contributed by atoms with Gasteiger partial charge in [0, 0.05) is 45.3 Å². The summed E-state index contributed by atoms with van der Waals surface area (Å²) in [7, 11) is 0.